The number of rotatable bonds is 3. The van der Waals surface area contributed by atoms with Crippen LogP contribution < -0.4 is 10.6 Å². The van der Waals surface area contributed by atoms with Gasteiger partial charge >= 0.3 is 0 Å². The van der Waals surface area contributed by atoms with E-state index in [2.05, 4.69) is 17.6 Å². The van der Waals surface area contributed by atoms with Gasteiger partial charge in [0.1, 0.15) is 0 Å². The summed E-state index contributed by atoms with van der Waals surface area (Å²) in [6, 6.07) is 0.0417. The molecule has 0 radical (unpaired) electrons. The summed E-state index contributed by atoms with van der Waals surface area (Å²) in [5, 5.41) is 6.29. The predicted octanol–water partition coefficient (Wildman–Crippen LogP) is 1.77. The van der Waals surface area contributed by atoms with Gasteiger partial charge in [0.2, 0.25) is 5.91 Å². The number of halogens is 1. The van der Waals surface area contributed by atoms with Crippen LogP contribution in [0.3, 0.4) is 0 Å². The van der Waals surface area contributed by atoms with Crippen molar-refractivity contribution < 1.29 is 4.79 Å². The fourth-order valence-electron chi connectivity index (χ4n) is 2.39. The minimum absolute atomic E-state index is 0. The van der Waals surface area contributed by atoms with E-state index in [4.69, 9.17) is 0 Å². The molecule has 2 N–H and O–H groups in total. The molecule has 3 nitrogen and oxygen atoms in total. The number of thioether (sulfide) groups is 1. The van der Waals surface area contributed by atoms with Gasteiger partial charge in [-0.05, 0) is 18.3 Å². The van der Waals surface area contributed by atoms with E-state index in [0.717, 1.165) is 18.2 Å². The van der Waals surface area contributed by atoms with E-state index in [-0.39, 0.29) is 24.4 Å². The lowest BCUT2D eigenvalue weighted by Gasteiger charge is -2.24. The average Bonchev–Trinajstić information content (AvgIpc) is 2.85. The summed E-state index contributed by atoms with van der Waals surface area (Å²) >= 11 is 1.80. The molecule has 1 heterocycles. The van der Waals surface area contributed by atoms with E-state index >= 15 is 0 Å². The quantitative estimate of drug-likeness (QED) is 0.816. The molecule has 2 aliphatic rings. The van der Waals surface area contributed by atoms with Crippen LogP contribution in [0.2, 0.25) is 0 Å². The van der Waals surface area contributed by atoms with Crippen LogP contribution in [-0.2, 0) is 4.79 Å². The molecule has 2 rings (SSSR count). The number of hydrogen-bond donors (Lipinski definition) is 2. The highest BCUT2D eigenvalue weighted by Crippen LogP contribution is 2.36. The Balaban J connectivity index is 0.00000128. The Labute approximate surface area is 108 Å². The lowest BCUT2D eigenvalue weighted by atomic mass is 9.89. The summed E-state index contributed by atoms with van der Waals surface area (Å²) in [4.78, 5) is 11.8. The zero-order valence-electron chi connectivity index (χ0n) is 9.75. The topological polar surface area (TPSA) is 41.1 Å². The van der Waals surface area contributed by atoms with Crippen molar-refractivity contribution in [3.8, 4) is 0 Å². The summed E-state index contributed by atoms with van der Waals surface area (Å²) in [5.41, 5.74) is 0.363. The predicted molar refractivity (Wildman–Crippen MR) is 71.1 cm³/mol. The van der Waals surface area contributed by atoms with Crippen molar-refractivity contribution in [2.24, 2.45) is 5.41 Å². The standard InChI is InChI=1S/C11H20N2OS.ClH/c1-11(4-2-3-5-11)7-12-10(14)9-6-15-8-13-9;/h9,13H,2-8H2,1H3,(H,12,14);1H. The first-order chi connectivity index (χ1) is 7.20. The molecule has 1 unspecified atom stereocenters. The minimum atomic E-state index is 0. The molecule has 94 valence electrons. The lowest BCUT2D eigenvalue weighted by Crippen LogP contribution is -2.45. The molecule has 1 aliphatic heterocycles. The molecule has 1 saturated heterocycles. The molecule has 0 aromatic rings. The number of nitrogens with one attached hydrogen (secondary N) is 2. The number of carbonyl (C=O) groups excluding carboxylic acids is 1. The van der Waals surface area contributed by atoms with Gasteiger partial charge in [-0.15, -0.1) is 24.2 Å². The highest BCUT2D eigenvalue weighted by Gasteiger charge is 2.30. The highest BCUT2D eigenvalue weighted by atomic mass is 35.5. The number of amides is 1. The Bertz CT molecular complexity index is 238. The van der Waals surface area contributed by atoms with Gasteiger partial charge in [0, 0.05) is 18.2 Å². The van der Waals surface area contributed by atoms with Crippen LogP contribution in [0.25, 0.3) is 0 Å². The third kappa shape index (κ3) is 3.54. The van der Waals surface area contributed by atoms with E-state index in [1.165, 1.54) is 25.7 Å². The minimum Gasteiger partial charge on any atom is -0.354 e. The van der Waals surface area contributed by atoms with Crippen molar-refractivity contribution in [2.45, 2.75) is 38.6 Å². The molecule has 0 aromatic carbocycles. The van der Waals surface area contributed by atoms with E-state index in [0.29, 0.717) is 5.41 Å². The van der Waals surface area contributed by atoms with E-state index < -0.39 is 0 Å². The van der Waals surface area contributed by atoms with Gasteiger partial charge < -0.3 is 5.32 Å². The molecule has 2 fully saturated rings. The van der Waals surface area contributed by atoms with Crippen LogP contribution >= 0.6 is 24.2 Å². The first-order valence-electron chi connectivity index (χ1n) is 5.78. The highest BCUT2D eigenvalue weighted by molar-refractivity contribution is 7.99. The molecular weight excluding hydrogens is 244 g/mol. The maximum absolute atomic E-state index is 11.8. The Morgan fingerprint density at radius 3 is 2.75 bits per heavy atom. The zero-order valence-corrected chi connectivity index (χ0v) is 11.4. The van der Waals surface area contributed by atoms with Crippen molar-refractivity contribution in [3.05, 3.63) is 0 Å². The fraction of sp³-hybridized carbons (Fsp3) is 0.909. The molecule has 1 atom stereocenters. The summed E-state index contributed by atoms with van der Waals surface area (Å²) in [5.74, 6) is 2.02. The van der Waals surface area contributed by atoms with Gasteiger partial charge in [-0.1, -0.05) is 19.8 Å². The zero-order chi connectivity index (χ0) is 10.7. The first kappa shape index (κ1) is 14.1. The maximum Gasteiger partial charge on any atom is 0.238 e. The third-order valence-corrected chi connectivity index (χ3v) is 4.47. The second-order valence-electron chi connectivity index (χ2n) is 5.01. The van der Waals surface area contributed by atoms with Gasteiger partial charge in [-0.25, -0.2) is 0 Å². The summed E-state index contributed by atoms with van der Waals surface area (Å²) in [6.45, 7) is 3.14. The average molecular weight is 265 g/mol. The lowest BCUT2D eigenvalue weighted by molar-refractivity contribution is -0.122. The first-order valence-corrected chi connectivity index (χ1v) is 6.94. The second-order valence-corrected chi connectivity index (χ2v) is 6.04. The normalized spacial score (nSPS) is 27.4. The number of carbonyl (C=O) groups is 1. The largest absolute Gasteiger partial charge is 0.354 e. The molecule has 5 heteroatoms. The van der Waals surface area contributed by atoms with Crippen molar-refractivity contribution in [3.63, 3.8) is 0 Å². The van der Waals surface area contributed by atoms with Gasteiger partial charge in [-0.2, -0.15) is 0 Å². The number of hydrogen-bond acceptors (Lipinski definition) is 3. The van der Waals surface area contributed by atoms with Crippen molar-refractivity contribution in [1.29, 1.82) is 0 Å². The van der Waals surface area contributed by atoms with E-state index in [1.807, 2.05) is 0 Å². The van der Waals surface area contributed by atoms with Crippen LogP contribution in [0.15, 0.2) is 0 Å². The van der Waals surface area contributed by atoms with Crippen molar-refractivity contribution in [2.75, 3.05) is 18.2 Å². The SMILES string of the molecule is CC1(CNC(=O)C2CSCN2)CCCC1.Cl. The molecule has 0 bridgehead atoms. The van der Waals surface area contributed by atoms with Crippen LogP contribution in [0, 0.1) is 5.41 Å². The molecular formula is C11H21ClN2OS. The molecule has 1 saturated carbocycles. The van der Waals surface area contributed by atoms with Crippen LogP contribution in [-0.4, -0.2) is 30.1 Å². The van der Waals surface area contributed by atoms with E-state index in [9.17, 15) is 4.79 Å². The molecule has 1 aliphatic carbocycles. The Morgan fingerprint density at radius 2 is 2.19 bits per heavy atom. The van der Waals surface area contributed by atoms with Gasteiger partial charge in [0.05, 0.1) is 6.04 Å². The summed E-state index contributed by atoms with van der Waals surface area (Å²) in [6.07, 6.45) is 5.17. The smallest absolute Gasteiger partial charge is 0.238 e. The maximum atomic E-state index is 11.8. The van der Waals surface area contributed by atoms with E-state index in [1.54, 1.807) is 11.8 Å². The van der Waals surface area contributed by atoms with Crippen LogP contribution in [0.4, 0.5) is 0 Å². The van der Waals surface area contributed by atoms with Crippen molar-refractivity contribution >= 4 is 30.1 Å². The molecule has 0 aromatic heterocycles. The molecule has 16 heavy (non-hydrogen) atoms. The fourth-order valence-corrected chi connectivity index (χ4v) is 3.33. The molecule has 1 amide bonds. The Morgan fingerprint density at radius 1 is 1.50 bits per heavy atom. The van der Waals surface area contributed by atoms with Crippen LogP contribution in [0.5, 0.6) is 0 Å². The second kappa shape index (κ2) is 6.12. The Hall–Kier alpha value is 0.0700. The van der Waals surface area contributed by atoms with Crippen molar-refractivity contribution in [1.82, 2.24) is 10.6 Å². The van der Waals surface area contributed by atoms with Gasteiger partial charge in [-0.3, -0.25) is 10.1 Å². The Kier molecular flexibility index (Phi) is 5.41. The third-order valence-electron chi connectivity index (χ3n) is 3.53. The summed E-state index contributed by atoms with van der Waals surface area (Å²) in [7, 11) is 0. The summed E-state index contributed by atoms with van der Waals surface area (Å²) < 4.78 is 0. The van der Waals surface area contributed by atoms with Gasteiger partial charge in [0.25, 0.3) is 0 Å². The monoisotopic (exact) mass is 264 g/mol. The molecule has 0 spiro atoms. The van der Waals surface area contributed by atoms with Gasteiger partial charge in [0.15, 0.2) is 0 Å². The van der Waals surface area contributed by atoms with Crippen LogP contribution in [0.1, 0.15) is 32.6 Å².